The van der Waals surface area contributed by atoms with Gasteiger partial charge in [-0.25, -0.2) is 9.59 Å². The molecule has 1 aromatic heterocycles. The Labute approximate surface area is 159 Å². The van der Waals surface area contributed by atoms with Gasteiger partial charge in [0.15, 0.2) is 0 Å². The third kappa shape index (κ3) is 5.05. The van der Waals surface area contributed by atoms with Crippen molar-refractivity contribution in [3.05, 3.63) is 51.9 Å². The number of benzene rings is 1. The highest BCUT2D eigenvalue weighted by Crippen LogP contribution is 2.34. The van der Waals surface area contributed by atoms with Gasteiger partial charge in [-0.2, -0.15) is 5.26 Å². The summed E-state index contributed by atoms with van der Waals surface area (Å²) < 4.78 is 14.4. The molecule has 0 spiro atoms. The van der Waals surface area contributed by atoms with Crippen molar-refractivity contribution in [1.29, 1.82) is 5.26 Å². The predicted octanol–water partition coefficient (Wildman–Crippen LogP) is 2.87. The lowest BCUT2D eigenvalue weighted by atomic mass is 10.1. The summed E-state index contributed by atoms with van der Waals surface area (Å²) in [4.78, 5) is 35.7. The number of nitrogens with one attached hydrogen (secondary N) is 1. The largest absolute Gasteiger partial charge is 0.469 e. The van der Waals surface area contributed by atoms with Gasteiger partial charge < -0.3 is 14.2 Å². The van der Waals surface area contributed by atoms with Crippen molar-refractivity contribution in [2.75, 3.05) is 19.5 Å². The van der Waals surface area contributed by atoms with Crippen LogP contribution in [0.4, 0.5) is 9.80 Å². The van der Waals surface area contributed by atoms with Gasteiger partial charge in [0.2, 0.25) is 0 Å². The molecule has 140 valence electrons. The van der Waals surface area contributed by atoms with E-state index in [1.165, 1.54) is 14.2 Å². The van der Waals surface area contributed by atoms with E-state index < -0.39 is 18.0 Å². The molecule has 27 heavy (non-hydrogen) atoms. The molecule has 9 heteroatoms. The smallest absolute Gasteiger partial charge is 0.412 e. The number of esters is 2. The number of carbonyl (C=O) groups excluding carboxylic acids is 3. The molecule has 2 rings (SSSR count). The molecule has 0 fully saturated rings. The molecule has 0 bridgehead atoms. The minimum Gasteiger partial charge on any atom is -0.469 e. The monoisotopic (exact) mass is 388 g/mol. The summed E-state index contributed by atoms with van der Waals surface area (Å²) in [5.41, 5.74) is 0.919. The van der Waals surface area contributed by atoms with Crippen molar-refractivity contribution in [2.45, 2.75) is 13.0 Å². The molecule has 0 radical (unpaired) electrons. The number of amides is 1. The number of methoxy groups -OCH3 is 2. The fraction of sp³-hybridized carbons (Fsp3) is 0.222. The fourth-order valence-electron chi connectivity index (χ4n) is 2.17. The SMILES string of the molecule is COC(=O)Cc1c(C(=O)OC)sc(NC(=O)OCc2ccccc2)c1C#N. The molecular weight excluding hydrogens is 372 g/mol. The first-order valence-electron chi connectivity index (χ1n) is 7.68. The summed E-state index contributed by atoms with van der Waals surface area (Å²) in [5, 5.41) is 12.0. The van der Waals surface area contributed by atoms with Crippen molar-refractivity contribution in [2.24, 2.45) is 0 Å². The lowest BCUT2D eigenvalue weighted by Crippen LogP contribution is -2.14. The van der Waals surface area contributed by atoms with E-state index in [0.717, 1.165) is 16.9 Å². The fourth-order valence-corrected chi connectivity index (χ4v) is 3.24. The van der Waals surface area contributed by atoms with Crippen molar-refractivity contribution < 1.29 is 28.6 Å². The summed E-state index contributed by atoms with van der Waals surface area (Å²) in [6.07, 6.45) is -1.10. The van der Waals surface area contributed by atoms with Gasteiger partial charge in [0.25, 0.3) is 0 Å². The molecule has 0 aliphatic heterocycles. The number of thiophene rings is 1. The first-order chi connectivity index (χ1) is 13.0. The zero-order valence-electron chi connectivity index (χ0n) is 14.6. The van der Waals surface area contributed by atoms with E-state index in [4.69, 9.17) is 4.74 Å². The molecule has 1 N–H and O–H groups in total. The number of anilines is 1. The predicted molar refractivity (Wildman–Crippen MR) is 96.3 cm³/mol. The Morgan fingerprint density at radius 2 is 1.85 bits per heavy atom. The van der Waals surface area contributed by atoms with Gasteiger partial charge >= 0.3 is 18.0 Å². The van der Waals surface area contributed by atoms with Crippen LogP contribution in [0.1, 0.15) is 26.4 Å². The van der Waals surface area contributed by atoms with Crippen LogP contribution in [-0.4, -0.2) is 32.3 Å². The van der Waals surface area contributed by atoms with E-state index in [1.807, 2.05) is 24.3 Å². The molecule has 1 heterocycles. The molecular formula is C18H16N2O6S. The Morgan fingerprint density at radius 3 is 2.44 bits per heavy atom. The van der Waals surface area contributed by atoms with Crippen LogP contribution in [0.3, 0.4) is 0 Å². The van der Waals surface area contributed by atoms with Crippen LogP contribution in [0.15, 0.2) is 30.3 Å². The van der Waals surface area contributed by atoms with Crippen LogP contribution in [0, 0.1) is 11.3 Å². The first-order valence-corrected chi connectivity index (χ1v) is 8.50. The van der Waals surface area contributed by atoms with Crippen LogP contribution >= 0.6 is 11.3 Å². The average molecular weight is 388 g/mol. The number of ether oxygens (including phenoxy) is 3. The zero-order valence-corrected chi connectivity index (χ0v) is 15.4. The quantitative estimate of drug-likeness (QED) is 0.598. The number of rotatable bonds is 6. The standard InChI is InChI=1S/C18H16N2O6S/c1-24-14(21)8-12-13(9-19)16(27-15(12)17(22)25-2)20-18(23)26-10-11-6-4-3-5-7-11/h3-7H,8,10H2,1-2H3,(H,20,23). The molecule has 1 aromatic carbocycles. The highest BCUT2D eigenvalue weighted by atomic mass is 32.1. The van der Waals surface area contributed by atoms with Crippen molar-refractivity contribution in [3.63, 3.8) is 0 Å². The van der Waals surface area contributed by atoms with E-state index in [2.05, 4.69) is 14.8 Å². The second-order valence-corrected chi connectivity index (χ2v) is 6.18. The third-order valence-corrected chi connectivity index (χ3v) is 4.59. The van der Waals surface area contributed by atoms with Gasteiger partial charge in [-0.1, -0.05) is 30.3 Å². The van der Waals surface area contributed by atoms with E-state index in [-0.39, 0.29) is 34.0 Å². The van der Waals surface area contributed by atoms with Gasteiger partial charge in [0.05, 0.1) is 26.2 Å². The number of nitrogens with zero attached hydrogens (tertiary/aromatic N) is 1. The summed E-state index contributed by atoms with van der Waals surface area (Å²) >= 11 is 0.829. The normalized spacial score (nSPS) is 9.81. The Bertz CT molecular complexity index is 885. The summed E-state index contributed by atoms with van der Waals surface area (Å²) in [6.45, 7) is 0.0405. The van der Waals surface area contributed by atoms with Crippen LogP contribution in [0.2, 0.25) is 0 Å². The Hall–Kier alpha value is -3.38. The number of carbonyl (C=O) groups is 3. The van der Waals surface area contributed by atoms with Crippen LogP contribution in [-0.2, 0) is 32.0 Å². The number of hydrogen-bond donors (Lipinski definition) is 1. The van der Waals surface area contributed by atoms with Crippen LogP contribution < -0.4 is 5.32 Å². The van der Waals surface area contributed by atoms with Gasteiger partial charge in [-0.05, 0) is 5.56 Å². The highest BCUT2D eigenvalue weighted by molar-refractivity contribution is 7.18. The lowest BCUT2D eigenvalue weighted by molar-refractivity contribution is -0.139. The van der Waals surface area contributed by atoms with Crippen LogP contribution in [0.25, 0.3) is 0 Å². The van der Waals surface area contributed by atoms with Gasteiger partial charge in [0.1, 0.15) is 22.6 Å². The minimum atomic E-state index is -0.794. The van der Waals surface area contributed by atoms with Gasteiger partial charge in [0, 0.05) is 5.56 Å². The number of hydrogen-bond acceptors (Lipinski definition) is 8. The third-order valence-electron chi connectivity index (χ3n) is 3.47. The number of nitriles is 1. The summed E-state index contributed by atoms with van der Waals surface area (Å²) in [6, 6.07) is 10.9. The average Bonchev–Trinajstić information content (AvgIpc) is 3.03. The van der Waals surface area contributed by atoms with E-state index in [0.29, 0.717) is 0 Å². The topological polar surface area (TPSA) is 115 Å². The molecule has 0 aliphatic carbocycles. The first kappa shape index (κ1) is 19.9. The molecule has 0 aliphatic rings. The molecule has 0 atom stereocenters. The Balaban J connectivity index is 2.22. The minimum absolute atomic E-state index is 0.0116. The molecule has 1 amide bonds. The second kappa shape index (κ2) is 9.35. The molecule has 0 saturated heterocycles. The van der Waals surface area contributed by atoms with Gasteiger partial charge in [-0.3, -0.25) is 10.1 Å². The van der Waals surface area contributed by atoms with Crippen LogP contribution in [0.5, 0.6) is 0 Å². The zero-order chi connectivity index (χ0) is 19.8. The molecule has 0 unspecified atom stereocenters. The van der Waals surface area contributed by atoms with Gasteiger partial charge in [-0.15, -0.1) is 11.3 Å². The van der Waals surface area contributed by atoms with Crippen molar-refractivity contribution >= 4 is 34.4 Å². The van der Waals surface area contributed by atoms with E-state index in [1.54, 1.807) is 12.1 Å². The molecule has 0 saturated carbocycles. The van der Waals surface area contributed by atoms with Crippen molar-refractivity contribution in [1.82, 2.24) is 0 Å². The maximum atomic E-state index is 12.0. The van der Waals surface area contributed by atoms with E-state index >= 15 is 0 Å². The van der Waals surface area contributed by atoms with Crippen molar-refractivity contribution in [3.8, 4) is 6.07 Å². The maximum absolute atomic E-state index is 12.0. The Morgan fingerprint density at radius 1 is 1.15 bits per heavy atom. The molecule has 8 nitrogen and oxygen atoms in total. The second-order valence-electron chi connectivity index (χ2n) is 5.16. The lowest BCUT2D eigenvalue weighted by Gasteiger charge is -2.06. The summed E-state index contributed by atoms with van der Waals surface area (Å²) in [7, 11) is 2.37. The maximum Gasteiger partial charge on any atom is 0.412 e. The summed E-state index contributed by atoms with van der Waals surface area (Å²) in [5.74, 6) is -1.35. The highest BCUT2D eigenvalue weighted by Gasteiger charge is 2.26. The van der Waals surface area contributed by atoms with E-state index in [9.17, 15) is 19.6 Å². The Kier molecular flexibility index (Phi) is 6.91. The molecule has 2 aromatic rings.